The molecule has 0 saturated carbocycles. The number of amides is 3. The summed E-state index contributed by atoms with van der Waals surface area (Å²) in [4.78, 5) is 32.7. The van der Waals surface area contributed by atoms with E-state index >= 15 is 0 Å². The molecule has 0 aromatic carbocycles. The molecule has 3 amide bonds. The van der Waals surface area contributed by atoms with Crippen molar-refractivity contribution in [1.29, 1.82) is 0 Å². The first-order valence-corrected chi connectivity index (χ1v) is 5.46. The second-order valence-corrected chi connectivity index (χ2v) is 3.58. The number of hydrogen-bond donors (Lipinski definition) is 4. The normalized spacial score (nSPS) is 11.4. The number of rotatable bonds is 7. The van der Waals surface area contributed by atoms with Crippen LogP contribution in [0, 0.1) is 0 Å². The van der Waals surface area contributed by atoms with Crippen LogP contribution in [0.2, 0.25) is 0 Å². The van der Waals surface area contributed by atoms with Crippen molar-refractivity contribution < 1.29 is 19.5 Å². The Kier molecular flexibility index (Phi) is 7.49. The Labute approximate surface area is 100.0 Å². The average Bonchev–Trinajstić information content (AvgIpc) is 2.25. The summed E-state index contributed by atoms with van der Waals surface area (Å²) in [5.41, 5.74) is 0. The molecule has 17 heavy (non-hydrogen) atoms. The highest BCUT2D eigenvalue weighted by molar-refractivity contribution is 5.84. The molecule has 0 rings (SSSR count). The highest BCUT2D eigenvalue weighted by Gasteiger charge is 2.15. The summed E-state index contributed by atoms with van der Waals surface area (Å²) < 4.78 is 0. The van der Waals surface area contributed by atoms with E-state index in [1.807, 2.05) is 6.92 Å². The molecule has 0 bridgehead atoms. The van der Waals surface area contributed by atoms with Crippen LogP contribution in [-0.4, -0.2) is 42.6 Å². The van der Waals surface area contributed by atoms with Gasteiger partial charge in [0.05, 0.1) is 13.0 Å². The van der Waals surface area contributed by atoms with Gasteiger partial charge in [0.1, 0.15) is 0 Å². The summed E-state index contributed by atoms with van der Waals surface area (Å²) >= 11 is 0. The Morgan fingerprint density at radius 3 is 2.41 bits per heavy atom. The first-order chi connectivity index (χ1) is 7.99. The number of nitrogens with one attached hydrogen (secondary N) is 3. The molecule has 0 spiro atoms. The van der Waals surface area contributed by atoms with Gasteiger partial charge < -0.3 is 21.1 Å². The first kappa shape index (κ1) is 15.2. The van der Waals surface area contributed by atoms with E-state index < -0.39 is 18.0 Å². The third-order valence-corrected chi connectivity index (χ3v) is 2.08. The Hall–Kier alpha value is -1.79. The first-order valence-electron chi connectivity index (χ1n) is 5.46. The van der Waals surface area contributed by atoms with Gasteiger partial charge in [0.15, 0.2) is 0 Å². The fraction of sp³-hybridized carbons (Fsp3) is 0.700. The quantitative estimate of drug-likeness (QED) is 0.492. The number of carbonyl (C=O) groups excluding carboxylic acids is 2. The predicted octanol–water partition coefficient (Wildman–Crippen LogP) is -0.325. The highest BCUT2D eigenvalue weighted by atomic mass is 16.4. The molecule has 0 aromatic rings. The molecule has 0 radical (unpaired) electrons. The molecule has 0 heterocycles. The van der Waals surface area contributed by atoms with Gasteiger partial charge in [-0.3, -0.25) is 9.59 Å². The van der Waals surface area contributed by atoms with Gasteiger partial charge in [0, 0.05) is 13.1 Å². The molecule has 0 aliphatic rings. The molecule has 0 aliphatic carbocycles. The number of carboxylic acid groups (broad SMARTS) is 1. The molecule has 0 aromatic heterocycles. The molecule has 0 fully saturated rings. The molecule has 4 N–H and O–H groups in total. The smallest absolute Gasteiger partial charge is 0.315 e. The number of carboxylic acids is 1. The van der Waals surface area contributed by atoms with Gasteiger partial charge in [-0.25, -0.2) is 4.79 Å². The zero-order valence-corrected chi connectivity index (χ0v) is 10.1. The van der Waals surface area contributed by atoms with Gasteiger partial charge in [-0.1, -0.05) is 13.3 Å². The summed E-state index contributed by atoms with van der Waals surface area (Å²) in [6, 6.07) is -0.949. The van der Waals surface area contributed by atoms with Crippen molar-refractivity contribution in [3.05, 3.63) is 0 Å². The topological polar surface area (TPSA) is 108 Å². The van der Waals surface area contributed by atoms with E-state index in [-0.39, 0.29) is 18.9 Å². The van der Waals surface area contributed by atoms with Crippen LogP contribution >= 0.6 is 0 Å². The lowest BCUT2D eigenvalue weighted by molar-refractivity contribution is -0.137. The minimum absolute atomic E-state index is 0.124. The van der Waals surface area contributed by atoms with Crippen LogP contribution in [0.4, 0.5) is 4.79 Å². The van der Waals surface area contributed by atoms with Gasteiger partial charge in [0.2, 0.25) is 5.91 Å². The van der Waals surface area contributed by atoms with E-state index in [1.54, 1.807) is 0 Å². The van der Waals surface area contributed by atoms with Crippen molar-refractivity contribution in [3.8, 4) is 0 Å². The van der Waals surface area contributed by atoms with E-state index in [9.17, 15) is 14.4 Å². The van der Waals surface area contributed by atoms with Crippen molar-refractivity contribution in [1.82, 2.24) is 16.0 Å². The number of hydrogen-bond acceptors (Lipinski definition) is 3. The third-order valence-electron chi connectivity index (χ3n) is 2.08. The number of aliphatic carboxylic acids is 1. The maximum absolute atomic E-state index is 11.3. The molecule has 7 heteroatoms. The van der Waals surface area contributed by atoms with Gasteiger partial charge in [-0.05, 0) is 6.42 Å². The lowest BCUT2D eigenvalue weighted by Gasteiger charge is -2.16. The fourth-order valence-electron chi connectivity index (χ4n) is 1.27. The van der Waals surface area contributed by atoms with Crippen LogP contribution in [0.15, 0.2) is 0 Å². The van der Waals surface area contributed by atoms with Crippen molar-refractivity contribution in [2.24, 2.45) is 0 Å². The zero-order chi connectivity index (χ0) is 13.3. The van der Waals surface area contributed by atoms with Crippen molar-refractivity contribution in [2.45, 2.75) is 32.2 Å². The van der Waals surface area contributed by atoms with E-state index in [2.05, 4.69) is 16.0 Å². The minimum Gasteiger partial charge on any atom is -0.481 e. The van der Waals surface area contributed by atoms with Gasteiger partial charge in [0.25, 0.3) is 0 Å². The zero-order valence-electron chi connectivity index (χ0n) is 10.1. The van der Waals surface area contributed by atoms with Crippen LogP contribution in [0.5, 0.6) is 0 Å². The number of carbonyl (C=O) groups is 3. The van der Waals surface area contributed by atoms with Crippen molar-refractivity contribution in [3.63, 3.8) is 0 Å². The Morgan fingerprint density at radius 1 is 1.29 bits per heavy atom. The van der Waals surface area contributed by atoms with E-state index in [0.29, 0.717) is 6.42 Å². The Morgan fingerprint density at radius 2 is 1.94 bits per heavy atom. The molecule has 1 atom stereocenters. The number of urea groups is 1. The Balaban J connectivity index is 4.02. The van der Waals surface area contributed by atoms with Crippen molar-refractivity contribution in [2.75, 3.05) is 13.6 Å². The largest absolute Gasteiger partial charge is 0.481 e. The van der Waals surface area contributed by atoms with Crippen LogP contribution in [0.3, 0.4) is 0 Å². The van der Waals surface area contributed by atoms with Gasteiger partial charge in [-0.15, -0.1) is 0 Å². The molecule has 0 saturated heterocycles. The van der Waals surface area contributed by atoms with Crippen LogP contribution in [0.25, 0.3) is 0 Å². The monoisotopic (exact) mass is 245 g/mol. The number of likely N-dealkylation sites (N-methyl/N-ethyl adjacent to an activating group) is 1. The van der Waals surface area contributed by atoms with Crippen LogP contribution < -0.4 is 16.0 Å². The highest BCUT2D eigenvalue weighted by Crippen LogP contribution is 2.01. The summed E-state index contributed by atoms with van der Waals surface area (Å²) in [7, 11) is 1.46. The van der Waals surface area contributed by atoms with E-state index in [0.717, 1.165) is 6.42 Å². The third kappa shape index (κ3) is 8.06. The summed E-state index contributed by atoms with van der Waals surface area (Å²) in [6.45, 7) is 1.77. The molecule has 98 valence electrons. The van der Waals surface area contributed by atoms with Gasteiger partial charge in [-0.2, -0.15) is 0 Å². The standard InChI is InChI=1S/C10H19N3O4/c1-3-4-7(5-9(15)16)13-10(17)12-6-8(14)11-2/h7H,3-6H2,1-2H3,(H,11,14)(H,15,16)(H2,12,13,17). The molecular weight excluding hydrogens is 226 g/mol. The summed E-state index contributed by atoms with van der Waals surface area (Å²) in [6.07, 6.45) is 1.23. The molecule has 0 aliphatic heterocycles. The predicted molar refractivity (Wildman–Crippen MR) is 61.5 cm³/mol. The van der Waals surface area contributed by atoms with E-state index in [4.69, 9.17) is 5.11 Å². The fourth-order valence-corrected chi connectivity index (χ4v) is 1.27. The minimum atomic E-state index is -0.963. The summed E-state index contributed by atoms with van der Waals surface area (Å²) in [5.74, 6) is -1.28. The SMILES string of the molecule is CCCC(CC(=O)O)NC(=O)NCC(=O)NC. The second-order valence-electron chi connectivity index (χ2n) is 3.58. The lowest BCUT2D eigenvalue weighted by Crippen LogP contribution is -2.45. The van der Waals surface area contributed by atoms with E-state index in [1.165, 1.54) is 7.05 Å². The molecular formula is C10H19N3O4. The van der Waals surface area contributed by atoms with Gasteiger partial charge >= 0.3 is 12.0 Å². The summed E-state index contributed by atoms with van der Waals surface area (Å²) in [5, 5.41) is 15.9. The second kappa shape index (κ2) is 8.37. The maximum Gasteiger partial charge on any atom is 0.315 e. The average molecular weight is 245 g/mol. The van der Waals surface area contributed by atoms with Crippen molar-refractivity contribution >= 4 is 17.9 Å². The molecule has 1 unspecified atom stereocenters. The van der Waals surface area contributed by atoms with Crippen LogP contribution in [-0.2, 0) is 9.59 Å². The Bertz CT molecular complexity index is 281. The van der Waals surface area contributed by atoms with Crippen LogP contribution in [0.1, 0.15) is 26.2 Å². The lowest BCUT2D eigenvalue weighted by atomic mass is 10.1. The molecule has 7 nitrogen and oxygen atoms in total. The maximum atomic E-state index is 11.3.